The van der Waals surface area contributed by atoms with E-state index in [1.165, 1.54) is 31.8 Å². The lowest BCUT2D eigenvalue weighted by molar-refractivity contribution is -0.127. The predicted molar refractivity (Wildman–Crippen MR) is 210 cm³/mol. The van der Waals surface area contributed by atoms with E-state index in [9.17, 15) is 33.1 Å². The van der Waals surface area contributed by atoms with Crippen molar-refractivity contribution in [2.75, 3.05) is 13.1 Å². The Morgan fingerprint density at radius 1 is 1.02 bits per heavy atom. The predicted octanol–water partition coefficient (Wildman–Crippen LogP) is 5.38. The van der Waals surface area contributed by atoms with Crippen molar-refractivity contribution in [3.8, 4) is 5.88 Å². The number of fused-ring (bicyclic) bond motifs is 1. The number of benzene rings is 3. The number of aromatic nitrogens is 3. The van der Waals surface area contributed by atoms with E-state index in [1.54, 1.807) is 24.4 Å². The van der Waals surface area contributed by atoms with Crippen molar-refractivity contribution < 1.29 is 23.4 Å². The van der Waals surface area contributed by atoms with Gasteiger partial charge in [-0.1, -0.05) is 92.5 Å². The number of nitroso groups, excluding NO2 is 1. The number of carbonyl (C=O) groups is 1. The molecule has 14 heteroatoms. The highest BCUT2D eigenvalue weighted by Crippen LogP contribution is 2.30. The number of aromatic hydroxyl groups is 1. The molecule has 0 aliphatic heterocycles. The molecule has 3 N–H and O–H groups in total. The van der Waals surface area contributed by atoms with E-state index in [0.29, 0.717) is 12.0 Å². The summed E-state index contributed by atoms with van der Waals surface area (Å²) in [5, 5.41) is 29.7. The topological polar surface area (TPSA) is 176 Å². The third-order valence-corrected chi connectivity index (χ3v) is 12.6. The van der Waals surface area contributed by atoms with Gasteiger partial charge in [-0.15, -0.1) is 0 Å². The first-order valence-electron chi connectivity index (χ1n) is 18.7. The second-order valence-electron chi connectivity index (χ2n) is 14.5. The number of nitrogens with zero attached hydrogens (tertiary/aromatic N) is 5. The van der Waals surface area contributed by atoms with Gasteiger partial charge in [0, 0.05) is 24.7 Å². The number of pyridine rings is 1. The van der Waals surface area contributed by atoms with Crippen LogP contribution in [0.5, 0.6) is 5.88 Å². The first-order chi connectivity index (χ1) is 26.5. The number of hydrogen-bond acceptors (Lipinski definition) is 9. The van der Waals surface area contributed by atoms with Crippen molar-refractivity contribution in [2.24, 2.45) is 17.0 Å². The second-order valence-corrected chi connectivity index (χ2v) is 16.4. The number of imidazole rings is 1. The fourth-order valence-corrected chi connectivity index (χ4v) is 8.69. The number of para-hydroxylation sites is 1. The Morgan fingerprint density at radius 2 is 1.73 bits per heavy atom. The van der Waals surface area contributed by atoms with Gasteiger partial charge in [-0.05, 0) is 72.1 Å². The van der Waals surface area contributed by atoms with Gasteiger partial charge in [0.2, 0.25) is 21.8 Å². The number of rotatable bonds is 18. The van der Waals surface area contributed by atoms with E-state index in [4.69, 9.17) is 0 Å². The van der Waals surface area contributed by atoms with Crippen molar-refractivity contribution in [1.82, 2.24) is 23.7 Å². The fraction of sp³-hybridized carbons (Fsp3) is 0.390. The van der Waals surface area contributed by atoms with Crippen molar-refractivity contribution in [1.29, 1.82) is 0 Å². The van der Waals surface area contributed by atoms with Crippen LogP contribution in [0, 0.1) is 16.7 Å². The zero-order chi connectivity index (χ0) is 39.1. The molecule has 0 unspecified atom stereocenters. The molecule has 1 amide bonds. The highest BCUT2D eigenvalue weighted by Gasteiger charge is 2.36. The Kier molecular flexibility index (Phi) is 12.6. The molecule has 6 rings (SSSR count). The second kappa shape index (κ2) is 17.5. The third kappa shape index (κ3) is 9.04. The summed E-state index contributed by atoms with van der Waals surface area (Å²) < 4.78 is 31.9. The largest absolute Gasteiger partial charge is 0.493 e. The van der Waals surface area contributed by atoms with Crippen LogP contribution in [0.4, 0.5) is 0 Å². The van der Waals surface area contributed by atoms with Crippen LogP contribution in [-0.4, -0.2) is 68.2 Å². The third-order valence-electron chi connectivity index (χ3n) is 10.8. The van der Waals surface area contributed by atoms with Gasteiger partial charge in [-0.25, -0.2) is 13.2 Å². The van der Waals surface area contributed by atoms with Crippen LogP contribution in [0.15, 0.2) is 112 Å². The normalized spacial score (nSPS) is 15.6. The van der Waals surface area contributed by atoms with E-state index in [-0.39, 0.29) is 55.2 Å². The van der Waals surface area contributed by atoms with Crippen molar-refractivity contribution in [2.45, 2.75) is 82.1 Å². The zero-order valence-electron chi connectivity index (χ0n) is 31.1. The quantitative estimate of drug-likeness (QED) is 0.0996. The summed E-state index contributed by atoms with van der Waals surface area (Å²) in [5.74, 6) is -1.08. The number of amides is 1. The highest BCUT2D eigenvalue weighted by molar-refractivity contribution is 7.89. The minimum atomic E-state index is -4.09. The Bertz CT molecular complexity index is 2250. The zero-order valence-corrected chi connectivity index (χ0v) is 31.9. The average Bonchev–Trinajstić information content (AvgIpc) is 3.44. The Labute approximate surface area is 320 Å². The lowest BCUT2D eigenvalue weighted by Gasteiger charge is -2.35. The molecule has 1 aliphatic carbocycles. The summed E-state index contributed by atoms with van der Waals surface area (Å²) in [4.78, 5) is 43.6. The lowest BCUT2D eigenvalue weighted by Crippen LogP contribution is -2.53. The van der Waals surface area contributed by atoms with Gasteiger partial charge in [-0.3, -0.25) is 18.9 Å². The molecule has 4 atom stereocenters. The molecule has 1 fully saturated rings. The van der Waals surface area contributed by atoms with E-state index in [2.05, 4.69) is 15.5 Å². The SMILES string of the molecule is CC[C@H](C)[C@@H](C(=O)N[C@@H](Cc1ccccc1)[C@H](O)CN(CC1CCC1)S(=O)(=O)c1ccc(CN=O)cc1)n1cc(O)n(Cc2ccnc3ccccc23)c1=O. The van der Waals surface area contributed by atoms with E-state index in [1.807, 2.05) is 68.4 Å². The molecular formula is C41H48N6O7S. The molecule has 0 bridgehead atoms. The first kappa shape index (κ1) is 39.5. The number of hydrogen-bond donors (Lipinski definition) is 3. The molecule has 1 aliphatic rings. The summed E-state index contributed by atoms with van der Waals surface area (Å²) in [6.45, 7) is 3.62. The Balaban J connectivity index is 1.30. The molecule has 290 valence electrons. The average molecular weight is 769 g/mol. The van der Waals surface area contributed by atoms with Crippen LogP contribution in [-0.2, 0) is 34.3 Å². The van der Waals surface area contributed by atoms with Crippen molar-refractivity contribution in [3.05, 3.63) is 129 Å². The maximum atomic E-state index is 14.4. The number of sulfonamides is 1. The summed E-state index contributed by atoms with van der Waals surface area (Å²) in [6, 6.07) is 22.5. The maximum Gasteiger partial charge on any atom is 0.332 e. The standard InChI is InChI=1S/C41H48N6O7S/c1-3-28(2)39(47-27-38(49)46(41(47)51)25-32-20-21-42-35-15-8-7-14-34(32)35)40(50)44-36(22-29-10-5-4-6-11-29)37(48)26-45(24-31-12-9-13-31)55(53,54)33-18-16-30(17-19-33)23-43-52/h4-8,10-11,14-21,27-28,31,36-37,39,48-49H,3,9,12-13,22-26H2,1-2H3,(H,44,50)/t28-,36-,37+,39-/m0/s1. The number of nitrogens with one attached hydrogen (secondary N) is 1. The summed E-state index contributed by atoms with van der Waals surface area (Å²) in [7, 11) is -4.09. The maximum absolute atomic E-state index is 14.4. The number of aliphatic hydroxyl groups excluding tert-OH is 1. The van der Waals surface area contributed by atoms with Crippen LogP contribution in [0.25, 0.3) is 10.9 Å². The van der Waals surface area contributed by atoms with Crippen LogP contribution in [0.3, 0.4) is 0 Å². The molecular weight excluding hydrogens is 721 g/mol. The van der Waals surface area contributed by atoms with Gasteiger partial charge in [0.25, 0.3) is 0 Å². The van der Waals surface area contributed by atoms with Crippen molar-refractivity contribution in [3.63, 3.8) is 0 Å². The number of carbonyl (C=O) groups excluding carboxylic acids is 1. The van der Waals surface area contributed by atoms with Crippen molar-refractivity contribution >= 4 is 26.8 Å². The smallest absolute Gasteiger partial charge is 0.332 e. The van der Waals surface area contributed by atoms with E-state index < -0.39 is 39.8 Å². The van der Waals surface area contributed by atoms with E-state index >= 15 is 0 Å². The first-order valence-corrected chi connectivity index (χ1v) is 20.2. The number of aliphatic hydroxyl groups is 1. The molecule has 5 aromatic rings. The van der Waals surface area contributed by atoms with Gasteiger partial charge in [0.15, 0.2) is 0 Å². The lowest BCUT2D eigenvalue weighted by atomic mass is 9.85. The molecule has 2 aromatic heterocycles. The summed E-state index contributed by atoms with van der Waals surface area (Å²) in [6.07, 6.45) is 5.00. The van der Waals surface area contributed by atoms with Crippen LogP contribution < -0.4 is 11.0 Å². The molecule has 0 saturated heterocycles. The Hall–Kier alpha value is -5.18. The minimum absolute atomic E-state index is 0.0256. The van der Waals surface area contributed by atoms with Gasteiger partial charge in [-0.2, -0.15) is 9.21 Å². The van der Waals surface area contributed by atoms with E-state index in [0.717, 1.165) is 41.3 Å². The molecule has 55 heavy (non-hydrogen) atoms. The summed E-state index contributed by atoms with van der Waals surface area (Å²) >= 11 is 0. The summed E-state index contributed by atoms with van der Waals surface area (Å²) in [5.41, 5.74) is 2.33. The van der Waals surface area contributed by atoms with Gasteiger partial charge >= 0.3 is 5.69 Å². The van der Waals surface area contributed by atoms with Crippen LogP contribution in [0.1, 0.15) is 62.3 Å². The van der Waals surface area contributed by atoms with Crippen LogP contribution >= 0.6 is 0 Å². The Morgan fingerprint density at radius 3 is 2.40 bits per heavy atom. The minimum Gasteiger partial charge on any atom is -0.493 e. The molecule has 2 heterocycles. The van der Waals surface area contributed by atoms with Gasteiger partial charge in [0.05, 0.1) is 35.3 Å². The molecule has 13 nitrogen and oxygen atoms in total. The fourth-order valence-electron chi connectivity index (χ4n) is 7.16. The molecule has 1 saturated carbocycles. The highest BCUT2D eigenvalue weighted by atomic mass is 32.2. The van der Waals surface area contributed by atoms with Gasteiger partial charge in [0.1, 0.15) is 12.6 Å². The monoisotopic (exact) mass is 768 g/mol. The molecule has 0 radical (unpaired) electrons. The van der Waals surface area contributed by atoms with Crippen LogP contribution in [0.2, 0.25) is 0 Å². The molecule has 3 aromatic carbocycles. The molecule has 0 spiro atoms. The van der Waals surface area contributed by atoms with Gasteiger partial charge < -0.3 is 15.5 Å².